The fourth-order valence-corrected chi connectivity index (χ4v) is 2.20. The minimum atomic E-state index is -0.346. The number of hydrogen-bond acceptors (Lipinski definition) is 2. The molecule has 0 radical (unpaired) electrons. The van der Waals surface area contributed by atoms with Crippen LogP contribution in [0.1, 0.15) is 36.9 Å². The second kappa shape index (κ2) is 4.15. The molecule has 1 aliphatic rings. The first-order chi connectivity index (χ1) is 7.53. The van der Waals surface area contributed by atoms with Crippen LogP contribution in [0.5, 0.6) is 0 Å². The summed E-state index contributed by atoms with van der Waals surface area (Å²) in [5.74, 6) is -0.199. The van der Waals surface area contributed by atoms with Crippen molar-refractivity contribution >= 4 is 0 Å². The van der Waals surface area contributed by atoms with Crippen LogP contribution in [0.25, 0.3) is 0 Å². The molecule has 1 aliphatic heterocycles. The van der Waals surface area contributed by atoms with Crippen molar-refractivity contribution in [3.05, 3.63) is 35.1 Å². The lowest BCUT2D eigenvalue weighted by molar-refractivity contribution is -0.00179. The monoisotopic (exact) mass is 223 g/mol. The number of nitrogens with two attached hydrogens (primary N) is 1. The fourth-order valence-electron chi connectivity index (χ4n) is 2.20. The van der Waals surface area contributed by atoms with E-state index in [9.17, 15) is 4.39 Å². The summed E-state index contributed by atoms with van der Waals surface area (Å²) in [6.07, 6.45) is 1.96. The number of benzene rings is 1. The van der Waals surface area contributed by atoms with E-state index < -0.39 is 0 Å². The van der Waals surface area contributed by atoms with Crippen LogP contribution in [0.4, 0.5) is 4.39 Å². The Bertz CT molecular complexity index is 386. The molecule has 1 saturated heterocycles. The molecule has 2 nitrogen and oxygen atoms in total. The van der Waals surface area contributed by atoms with Crippen molar-refractivity contribution in [2.45, 2.75) is 38.3 Å². The Labute approximate surface area is 95.6 Å². The minimum absolute atomic E-state index is 0.199. The number of hydrogen-bond donors (Lipinski definition) is 1. The van der Waals surface area contributed by atoms with Gasteiger partial charge in [0.2, 0.25) is 0 Å². The van der Waals surface area contributed by atoms with E-state index in [-0.39, 0.29) is 17.5 Å². The van der Waals surface area contributed by atoms with Crippen molar-refractivity contribution in [2.24, 2.45) is 5.73 Å². The van der Waals surface area contributed by atoms with Gasteiger partial charge in [-0.25, -0.2) is 4.39 Å². The predicted octanol–water partition coefficient (Wildman–Crippen LogP) is 2.70. The van der Waals surface area contributed by atoms with Crippen molar-refractivity contribution in [3.63, 3.8) is 0 Å². The molecular formula is C13H18FNO. The highest BCUT2D eigenvalue weighted by molar-refractivity contribution is 5.27. The molecule has 88 valence electrons. The summed E-state index contributed by atoms with van der Waals surface area (Å²) in [5.41, 5.74) is 7.28. The Morgan fingerprint density at radius 1 is 1.50 bits per heavy atom. The van der Waals surface area contributed by atoms with Gasteiger partial charge in [-0.1, -0.05) is 12.1 Å². The van der Waals surface area contributed by atoms with Crippen LogP contribution in [0, 0.1) is 12.7 Å². The van der Waals surface area contributed by atoms with Crippen LogP contribution >= 0.6 is 0 Å². The van der Waals surface area contributed by atoms with Crippen LogP contribution in [-0.2, 0) is 4.74 Å². The van der Waals surface area contributed by atoms with Gasteiger partial charge in [0, 0.05) is 6.61 Å². The molecule has 1 aromatic rings. The summed E-state index contributed by atoms with van der Waals surface area (Å²) in [6, 6.07) is 4.91. The first kappa shape index (κ1) is 11.6. The van der Waals surface area contributed by atoms with Crippen LogP contribution in [0.15, 0.2) is 18.2 Å². The molecular weight excluding hydrogens is 205 g/mol. The summed E-state index contributed by atoms with van der Waals surface area (Å²) in [7, 11) is 0. The topological polar surface area (TPSA) is 35.2 Å². The lowest BCUT2D eigenvalue weighted by Gasteiger charge is -2.30. The van der Waals surface area contributed by atoms with Crippen LogP contribution < -0.4 is 5.73 Å². The van der Waals surface area contributed by atoms with E-state index in [1.165, 1.54) is 6.07 Å². The van der Waals surface area contributed by atoms with Gasteiger partial charge in [-0.3, -0.25) is 0 Å². The third-order valence-corrected chi connectivity index (χ3v) is 3.46. The molecule has 0 spiro atoms. The fraction of sp³-hybridized carbons (Fsp3) is 0.538. The van der Waals surface area contributed by atoms with Gasteiger partial charge >= 0.3 is 0 Å². The quantitative estimate of drug-likeness (QED) is 0.836. The largest absolute Gasteiger partial charge is 0.373 e. The molecule has 2 N–H and O–H groups in total. The van der Waals surface area contributed by atoms with Gasteiger partial charge < -0.3 is 10.5 Å². The molecule has 2 atom stereocenters. The molecule has 1 fully saturated rings. The van der Waals surface area contributed by atoms with Crippen LogP contribution in [0.3, 0.4) is 0 Å². The smallest absolute Gasteiger partial charge is 0.126 e. The summed E-state index contributed by atoms with van der Waals surface area (Å²) >= 11 is 0. The number of halogens is 1. The molecule has 1 aromatic carbocycles. The van der Waals surface area contributed by atoms with Gasteiger partial charge in [0.1, 0.15) is 5.82 Å². The van der Waals surface area contributed by atoms with Gasteiger partial charge in [-0.05, 0) is 43.9 Å². The molecule has 3 heteroatoms. The third-order valence-electron chi connectivity index (χ3n) is 3.46. The van der Waals surface area contributed by atoms with Crippen molar-refractivity contribution < 1.29 is 9.13 Å². The lowest BCUT2D eigenvalue weighted by Crippen LogP contribution is -2.37. The van der Waals surface area contributed by atoms with Crippen molar-refractivity contribution in [2.75, 3.05) is 6.61 Å². The van der Waals surface area contributed by atoms with Gasteiger partial charge in [-0.15, -0.1) is 0 Å². The highest BCUT2D eigenvalue weighted by Gasteiger charge is 2.37. The zero-order valence-corrected chi connectivity index (χ0v) is 9.79. The lowest BCUT2D eigenvalue weighted by atomic mass is 9.88. The molecule has 1 heterocycles. The van der Waals surface area contributed by atoms with Crippen LogP contribution in [-0.4, -0.2) is 12.2 Å². The summed E-state index contributed by atoms with van der Waals surface area (Å²) < 4.78 is 19.1. The van der Waals surface area contributed by atoms with E-state index in [4.69, 9.17) is 10.5 Å². The Hall–Kier alpha value is -0.930. The summed E-state index contributed by atoms with van der Waals surface area (Å²) in [5, 5.41) is 0. The molecule has 0 amide bonds. The maximum absolute atomic E-state index is 13.5. The molecule has 2 rings (SSSR count). The SMILES string of the molecule is Cc1ccc(C(N)C2(C)CCCO2)cc1F. The van der Waals surface area contributed by atoms with Crippen molar-refractivity contribution in [1.29, 1.82) is 0 Å². The highest BCUT2D eigenvalue weighted by Crippen LogP contribution is 2.35. The maximum Gasteiger partial charge on any atom is 0.126 e. The zero-order valence-electron chi connectivity index (χ0n) is 9.79. The Morgan fingerprint density at radius 3 is 2.81 bits per heavy atom. The normalized spacial score (nSPS) is 27.0. The van der Waals surface area contributed by atoms with Gasteiger partial charge in [-0.2, -0.15) is 0 Å². The minimum Gasteiger partial charge on any atom is -0.373 e. The Balaban J connectivity index is 2.26. The van der Waals surface area contributed by atoms with Gasteiger partial charge in [0.05, 0.1) is 11.6 Å². The van der Waals surface area contributed by atoms with Crippen molar-refractivity contribution in [3.8, 4) is 0 Å². The third kappa shape index (κ3) is 1.97. The van der Waals surface area contributed by atoms with Gasteiger partial charge in [0.25, 0.3) is 0 Å². The van der Waals surface area contributed by atoms with Gasteiger partial charge in [0.15, 0.2) is 0 Å². The average molecular weight is 223 g/mol. The Kier molecular flexibility index (Phi) is 3.00. The van der Waals surface area contributed by atoms with E-state index in [2.05, 4.69) is 0 Å². The second-order valence-corrected chi connectivity index (χ2v) is 4.75. The maximum atomic E-state index is 13.5. The van der Waals surface area contributed by atoms with Crippen LogP contribution in [0.2, 0.25) is 0 Å². The molecule has 16 heavy (non-hydrogen) atoms. The van der Waals surface area contributed by atoms with Crippen molar-refractivity contribution in [1.82, 2.24) is 0 Å². The number of aryl methyl sites for hydroxylation is 1. The molecule has 0 bridgehead atoms. The molecule has 0 saturated carbocycles. The molecule has 2 unspecified atom stereocenters. The average Bonchev–Trinajstić information content (AvgIpc) is 2.70. The molecule has 0 aromatic heterocycles. The van der Waals surface area contributed by atoms with E-state index in [1.54, 1.807) is 13.0 Å². The summed E-state index contributed by atoms with van der Waals surface area (Å²) in [4.78, 5) is 0. The highest BCUT2D eigenvalue weighted by atomic mass is 19.1. The number of ether oxygens (including phenoxy) is 1. The second-order valence-electron chi connectivity index (χ2n) is 4.75. The first-order valence-corrected chi connectivity index (χ1v) is 5.68. The first-order valence-electron chi connectivity index (χ1n) is 5.68. The molecule has 0 aliphatic carbocycles. The van der Waals surface area contributed by atoms with E-state index >= 15 is 0 Å². The zero-order chi connectivity index (χ0) is 11.8. The predicted molar refractivity (Wildman–Crippen MR) is 61.7 cm³/mol. The van der Waals surface area contributed by atoms with E-state index in [1.807, 2.05) is 13.0 Å². The van der Waals surface area contributed by atoms with E-state index in [0.29, 0.717) is 5.56 Å². The Morgan fingerprint density at radius 2 is 2.25 bits per heavy atom. The summed E-state index contributed by atoms with van der Waals surface area (Å²) in [6.45, 7) is 4.50. The standard InChI is InChI=1S/C13H18FNO/c1-9-4-5-10(8-11(9)14)12(15)13(2)6-3-7-16-13/h4-5,8,12H,3,6-7,15H2,1-2H3. The number of rotatable bonds is 2. The van der Waals surface area contributed by atoms with E-state index in [0.717, 1.165) is 25.0 Å².